The Hall–Kier alpha value is -1.32. The molecule has 0 saturated carbocycles. The van der Waals surface area contributed by atoms with Gasteiger partial charge in [0, 0.05) is 0 Å². The van der Waals surface area contributed by atoms with Crippen LogP contribution in [0.25, 0.3) is 0 Å². The Morgan fingerprint density at radius 3 is 2.80 bits per heavy atom. The minimum Gasteiger partial charge on any atom is -0.478 e. The van der Waals surface area contributed by atoms with Crippen LogP contribution in [0.15, 0.2) is 17.2 Å². The molecule has 4 nitrogen and oxygen atoms in total. The molecule has 10 heavy (non-hydrogen) atoms. The Kier molecular flexibility index (Phi) is 1.45. The molecule has 0 aromatic carbocycles. The molecule has 0 radical (unpaired) electrons. The van der Waals surface area contributed by atoms with E-state index in [9.17, 15) is 4.79 Å². The van der Waals surface area contributed by atoms with Crippen molar-refractivity contribution in [2.75, 3.05) is 0 Å². The molecule has 0 bridgehead atoms. The van der Waals surface area contributed by atoms with Gasteiger partial charge in [-0.05, 0) is 0 Å². The van der Waals surface area contributed by atoms with Crippen LogP contribution in [0.4, 0.5) is 0 Å². The minimum absolute atomic E-state index is 0.0249. The van der Waals surface area contributed by atoms with Gasteiger partial charge in [-0.15, -0.1) is 0 Å². The largest absolute Gasteiger partial charge is 0.478 e. The van der Waals surface area contributed by atoms with Crippen molar-refractivity contribution in [1.29, 1.82) is 0 Å². The first-order valence-electron chi connectivity index (χ1n) is 2.86. The molecule has 0 unspecified atom stereocenters. The fraction of sp³-hybridized carbons (Fsp3) is 0.333. The van der Waals surface area contributed by atoms with E-state index < -0.39 is 0 Å². The number of rotatable bonds is 0. The van der Waals surface area contributed by atoms with E-state index in [1.807, 2.05) is 0 Å². The van der Waals surface area contributed by atoms with E-state index in [0.29, 0.717) is 0 Å². The minimum atomic E-state index is -0.212. The molecule has 0 fully saturated rings. The number of hydrogen-bond donors (Lipinski definition) is 1. The van der Waals surface area contributed by atoms with E-state index in [4.69, 9.17) is 5.11 Å². The summed E-state index contributed by atoms with van der Waals surface area (Å²) in [5, 5.41) is 8.97. The highest BCUT2D eigenvalue weighted by atomic mass is 16.3. The zero-order valence-electron chi connectivity index (χ0n) is 5.90. The van der Waals surface area contributed by atoms with E-state index in [2.05, 4.69) is 0 Å². The second kappa shape index (κ2) is 2.13. The number of aromatic hydroxyl groups is 1. The number of nitrogens with zero attached hydrogens (tertiary/aromatic N) is 2. The molecule has 1 heterocycles. The smallest absolute Gasteiger partial charge is 0.340 e. The van der Waals surface area contributed by atoms with Gasteiger partial charge in [0.05, 0.1) is 14.1 Å². The maximum atomic E-state index is 10.8. The zero-order chi connectivity index (χ0) is 7.72. The fourth-order valence-corrected chi connectivity index (χ4v) is 0.690. The van der Waals surface area contributed by atoms with Crippen molar-refractivity contribution in [2.45, 2.75) is 0 Å². The molecule has 1 aromatic heterocycles. The molecule has 0 atom stereocenters. The highest BCUT2D eigenvalue weighted by Gasteiger charge is 2.03. The summed E-state index contributed by atoms with van der Waals surface area (Å²) >= 11 is 0. The number of aromatic nitrogens is 2. The van der Waals surface area contributed by atoms with E-state index in [0.717, 1.165) is 0 Å². The van der Waals surface area contributed by atoms with Crippen LogP contribution in [-0.4, -0.2) is 9.67 Å². The standard InChI is InChI=1S/C6H8N2O2/c1-7-4-8(2)6(10)3-5(7)9/h3-4H,1-2H3/p+1. The Morgan fingerprint density at radius 2 is 2.30 bits per heavy atom. The Balaban J connectivity index is 3.43. The number of hydrogen-bond acceptors (Lipinski definition) is 2. The highest BCUT2D eigenvalue weighted by Crippen LogP contribution is 1.89. The summed E-state index contributed by atoms with van der Waals surface area (Å²) in [6.07, 6.45) is 1.51. The lowest BCUT2D eigenvalue weighted by atomic mass is 10.6. The number of aryl methyl sites for hydroxylation is 2. The third-order valence-electron chi connectivity index (χ3n) is 1.31. The summed E-state index contributed by atoms with van der Waals surface area (Å²) < 4.78 is 2.85. The molecular weight excluding hydrogens is 132 g/mol. The molecule has 4 heteroatoms. The second-order valence-corrected chi connectivity index (χ2v) is 2.18. The van der Waals surface area contributed by atoms with Crippen LogP contribution in [0.5, 0.6) is 5.88 Å². The van der Waals surface area contributed by atoms with E-state index in [1.54, 1.807) is 14.1 Å². The maximum absolute atomic E-state index is 10.8. The predicted molar refractivity (Wildman–Crippen MR) is 34.5 cm³/mol. The predicted octanol–water partition coefficient (Wildman–Crippen LogP) is -1.08. The van der Waals surface area contributed by atoms with Crippen molar-refractivity contribution in [2.24, 2.45) is 14.1 Å². The van der Waals surface area contributed by atoms with Crippen molar-refractivity contribution in [1.82, 2.24) is 4.57 Å². The van der Waals surface area contributed by atoms with Crippen LogP contribution < -0.4 is 10.1 Å². The zero-order valence-corrected chi connectivity index (χ0v) is 5.90. The van der Waals surface area contributed by atoms with Crippen molar-refractivity contribution >= 4 is 0 Å². The van der Waals surface area contributed by atoms with Crippen molar-refractivity contribution in [3.05, 3.63) is 22.7 Å². The first kappa shape index (κ1) is 6.80. The lowest BCUT2D eigenvalue weighted by molar-refractivity contribution is -0.682. The van der Waals surface area contributed by atoms with Gasteiger partial charge in [-0.2, -0.15) is 0 Å². The molecular formula is C6H9N2O2+. The van der Waals surface area contributed by atoms with E-state index in [1.165, 1.54) is 21.5 Å². The van der Waals surface area contributed by atoms with Gasteiger partial charge in [0.25, 0.3) is 5.88 Å². The van der Waals surface area contributed by atoms with Crippen molar-refractivity contribution in [3.63, 3.8) is 0 Å². The summed E-state index contributed by atoms with van der Waals surface area (Å²) in [5.41, 5.74) is -0.212. The molecule has 0 spiro atoms. The Labute approximate surface area is 58.0 Å². The van der Waals surface area contributed by atoms with Crippen LogP contribution in [0, 0.1) is 0 Å². The summed E-state index contributed by atoms with van der Waals surface area (Å²) in [5.74, 6) is -0.0249. The quantitative estimate of drug-likeness (QED) is 0.467. The van der Waals surface area contributed by atoms with Crippen LogP contribution in [0.2, 0.25) is 0 Å². The van der Waals surface area contributed by atoms with Gasteiger partial charge in [-0.3, -0.25) is 0 Å². The van der Waals surface area contributed by atoms with E-state index >= 15 is 0 Å². The molecule has 0 aliphatic heterocycles. The van der Waals surface area contributed by atoms with Gasteiger partial charge in [-0.25, -0.2) is 13.9 Å². The molecule has 1 N–H and O–H groups in total. The van der Waals surface area contributed by atoms with Gasteiger partial charge in [0.15, 0.2) is 0 Å². The molecule has 54 valence electrons. The first-order chi connectivity index (χ1) is 4.61. The maximum Gasteiger partial charge on any atom is 0.340 e. The normalized spacial score (nSPS) is 9.80. The lowest BCUT2D eigenvalue weighted by Crippen LogP contribution is -2.34. The topological polar surface area (TPSA) is 46.1 Å². The second-order valence-electron chi connectivity index (χ2n) is 2.18. The van der Waals surface area contributed by atoms with Crippen molar-refractivity contribution in [3.8, 4) is 5.88 Å². The Morgan fingerprint density at radius 1 is 1.70 bits per heavy atom. The fourth-order valence-electron chi connectivity index (χ4n) is 0.690. The van der Waals surface area contributed by atoms with Crippen LogP contribution in [-0.2, 0) is 14.1 Å². The Bertz CT molecular complexity index is 303. The van der Waals surface area contributed by atoms with E-state index in [-0.39, 0.29) is 11.4 Å². The van der Waals surface area contributed by atoms with Crippen LogP contribution in [0.1, 0.15) is 0 Å². The summed E-state index contributed by atoms with van der Waals surface area (Å²) in [7, 11) is 3.29. The summed E-state index contributed by atoms with van der Waals surface area (Å²) in [6, 6.07) is 1.17. The average molecular weight is 141 g/mol. The van der Waals surface area contributed by atoms with Gasteiger partial charge in [0.2, 0.25) is 6.33 Å². The van der Waals surface area contributed by atoms with Gasteiger partial charge in [0.1, 0.15) is 6.07 Å². The third-order valence-corrected chi connectivity index (χ3v) is 1.31. The average Bonchev–Trinajstić information content (AvgIpc) is 1.84. The van der Waals surface area contributed by atoms with Gasteiger partial charge < -0.3 is 5.11 Å². The molecule has 1 rings (SSSR count). The van der Waals surface area contributed by atoms with Crippen LogP contribution >= 0.6 is 0 Å². The summed E-state index contributed by atoms with van der Waals surface area (Å²) in [6.45, 7) is 0. The highest BCUT2D eigenvalue weighted by molar-refractivity contribution is 4.95. The van der Waals surface area contributed by atoms with Gasteiger partial charge >= 0.3 is 5.56 Å². The molecule has 0 aliphatic carbocycles. The lowest BCUT2D eigenvalue weighted by Gasteiger charge is -1.93. The van der Waals surface area contributed by atoms with Gasteiger partial charge in [-0.1, -0.05) is 0 Å². The SMILES string of the molecule is Cn1c[n+](C)c(O)cc1=O. The molecule has 0 aliphatic rings. The monoisotopic (exact) mass is 141 g/mol. The summed E-state index contributed by atoms with van der Waals surface area (Å²) in [4.78, 5) is 10.8. The molecule has 0 saturated heterocycles. The molecule has 0 amide bonds. The van der Waals surface area contributed by atoms with Crippen LogP contribution in [0.3, 0.4) is 0 Å². The first-order valence-corrected chi connectivity index (χ1v) is 2.86. The third kappa shape index (κ3) is 1.00. The van der Waals surface area contributed by atoms with Crippen molar-refractivity contribution < 1.29 is 9.67 Å². The molecule has 1 aromatic rings.